The maximum atomic E-state index is 11.7. The maximum absolute atomic E-state index is 11.7. The van der Waals surface area contributed by atoms with Crippen molar-refractivity contribution < 1.29 is 22.6 Å². The van der Waals surface area contributed by atoms with Crippen LogP contribution in [0.15, 0.2) is 24.3 Å². The van der Waals surface area contributed by atoms with E-state index >= 15 is 0 Å². The summed E-state index contributed by atoms with van der Waals surface area (Å²) in [6, 6.07) is 6.32. The van der Waals surface area contributed by atoms with Gasteiger partial charge in [0.1, 0.15) is 17.3 Å². The van der Waals surface area contributed by atoms with Crippen LogP contribution < -0.4 is 10.5 Å². The Morgan fingerprint density at radius 2 is 1.82 bits per heavy atom. The van der Waals surface area contributed by atoms with Gasteiger partial charge in [0.2, 0.25) is 0 Å². The lowest BCUT2D eigenvalue weighted by molar-refractivity contribution is -0.186. The van der Waals surface area contributed by atoms with Gasteiger partial charge in [-0.1, -0.05) is 12.2 Å². The smallest absolute Gasteiger partial charge is 0.411 e. The van der Waals surface area contributed by atoms with Crippen molar-refractivity contribution in [3.8, 4) is 5.75 Å². The van der Waals surface area contributed by atoms with Crippen LogP contribution in [-0.2, 0) is 4.74 Å². The fourth-order valence-corrected chi connectivity index (χ4v) is 1.12. The van der Waals surface area contributed by atoms with Crippen LogP contribution in [0.2, 0.25) is 0 Å². The lowest BCUT2D eigenvalue weighted by Crippen LogP contribution is -2.19. The number of benzene rings is 1. The van der Waals surface area contributed by atoms with Gasteiger partial charge in [0, 0.05) is 5.56 Å². The average Bonchev–Trinajstić information content (AvgIpc) is 2.24. The Labute approximate surface area is 101 Å². The molecule has 0 aliphatic carbocycles. The van der Waals surface area contributed by atoms with Crippen molar-refractivity contribution in [3.05, 3.63) is 29.8 Å². The van der Waals surface area contributed by atoms with Gasteiger partial charge in [-0.05, 0) is 24.3 Å². The Balaban J connectivity index is 2.35. The molecule has 0 amide bonds. The Kier molecular flexibility index (Phi) is 4.71. The first-order chi connectivity index (χ1) is 7.88. The summed E-state index contributed by atoms with van der Waals surface area (Å²) in [5.74, 6) is 0.382. The molecule has 94 valence electrons. The molecule has 0 bridgehead atoms. The number of rotatable bonds is 5. The van der Waals surface area contributed by atoms with Gasteiger partial charge < -0.3 is 15.2 Å². The molecule has 0 heterocycles. The third-order valence-electron chi connectivity index (χ3n) is 1.71. The number of alkyl halides is 3. The lowest BCUT2D eigenvalue weighted by Gasteiger charge is -2.09. The van der Waals surface area contributed by atoms with E-state index in [4.69, 9.17) is 22.7 Å². The first-order valence-electron chi connectivity index (χ1n) is 4.55. The second-order valence-corrected chi connectivity index (χ2v) is 3.55. The van der Waals surface area contributed by atoms with Crippen LogP contribution in [-0.4, -0.2) is 24.6 Å². The number of nitrogens with two attached hydrogens (primary N) is 1. The molecular weight excluding hydrogens is 255 g/mol. The molecule has 0 fully saturated rings. The minimum atomic E-state index is -4.35. The van der Waals surface area contributed by atoms with Crippen molar-refractivity contribution in [2.45, 2.75) is 6.18 Å². The Morgan fingerprint density at radius 3 is 2.29 bits per heavy atom. The molecule has 0 aliphatic rings. The third kappa shape index (κ3) is 5.50. The molecule has 0 spiro atoms. The zero-order valence-electron chi connectivity index (χ0n) is 8.66. The summed E-state index contributed by atoms with van der Waals surface area (Å²) >= 11 is 4.74. The number of hydrogen-bond donors (Lipinski definition) is 1. The quantitative estimate of drug-likeness (QED) is 0.504. The van der Waals surface area contributed by atoms with Crippen LogP contribution in [0.1, 0.15) is 5.56 Å². The van der Waals surface area contributed by atoms with E-state index in [1.807, 2.05) is 0 Å². The molecule has 0 aromatic heterocycles. The SMILES string of the molecule is NC(=S)c1ccc(OCOCC(F)(F)F)cc1. The van der Waals surface area contributed by atoms with Crippen molar-refractivity contribution in [2.75, 3.05) is 13.4 Å². The van der Waals surface area contributed by atoms with E-state index in [-0.39, 0.29) is 4.99 Å². The predicted octanol–water partition coefficient (Wildman–Crippen LogP) is 2.24. The summed E-state index contributed by atoms with van der Waals surface area (Å²) in [6.07, 6.45) is -4.35. The van der Waals surface area contributed by atoms with Crippen LogP contribution in [0.5, 0.6) is 5.75 Å². The van der Waals surface area contributed by atoms with Gasteiger partial charge in [0.15, 0.2) is 6.79 Å². The predicted molar refractivity (Wildman–Crippen MR) is 59.8 cm³/mol. The van der Waals surface area contributed by atoms with Crippen LogP contribution in [0, 0.1) is 0 Å². The number of thiocarbonyl (C=S) groups is 1. The molecule has 0 saturated heterocycles. The first-order valence-corrected chi connectivity index (χ1v) is 4.96. The van der Waals surface area contributed by atoms with Crippen molar-refractivity contribution >= 4 is 17.2 Å². The van der Waals surface area contributed by atoms with E-state index in [0.717, 1.165) is 0 Å². The van der Waals surface area contributed by atoms with Crippen LogP contribution in [0.3, 0.4) is 0 Å². The molecule has 1 aromatic rings. The van der Waals surface area contributed by atoms with Gasteiger partial charge in [0.25, 0.3) is 0 Å². The van der Waals surface area contributed by atoms with Gasteiger partial charge in [-0.3, -0.25) is 0 Å². The maximum Gasteiger partial charge on any atom is 0.411 e. The standard InChI is InChI=1S/C10H10F3NO2S/c11-10(12,13)5-15-6-16-8-3-1-7(2-4-8)9(14)17/h1-4H,5-6H2,(H2,14,17). The molecular formula is C10H10F3NO2S. The van der Waals surface area contributed by atoms with Crippen molar-refractivity contribution in [1.82, 2.24) is 0 Å². The summed E-state index contributed by atoms with van der Waals surface area (Å²) < 4.78 is 44.4. The molecule has 1 aromatic carbocycles. The minimum Gasteiger partial charge on any atom is -0.468 e. The summed E-state index contributed by atoms with van der Waals surface area (Å²) in [5.41, 5.74) is 6.03. The van der Waals surface area contributed by atoms with E-state index in [1.54, 1.807) is 24.3 Å². The van der Waals surface area contributed by atoms with E-state index in [0.29, 0.717) is 11.3 Å². The average molecular weight is 265 g/mol. The van der Waals surface area contributed by atoms with Crippen molar-refractivity contribution in [1.29, 1.82) is 0 Å². The molecule has 2 N–H and O–H groups in total. The minimum absolute atomic E-state index is 0.241. The van der Waals surface area contributed by atoms with E-state index < -0.39 is 19.6 Å². The van der Waals surface area contributed by atoms with Gasteiger partial charge in [-0.15, -0.1) is 0 Å². The highest BCUT2D eigenvalue weighted by Crippen LogP contribution is 2.15. The molecule has 0 unspecified atom stereocenters. The monoisotopic (exact) mass is 265 g/mol. The number of ether oxygens (including phenoxy) is 2. The normalized spacial score (nSPS) is 11.2. The summed E-state index contributed by atoms with van der Waals surface area (Å²) in [4.78, 5) is 0.241. The second-order valence-electron chi connectivity index (χ2n) is 3.11. The molecule has 17 heavy (non-hydrogen) atoms. The zero-order chi connectivity index (χ0) is 12.9. The largest absolute Gasteiger partial charge is 0.468 e. The molecule has 0 saturated carbocycles. The van der Waals surface area contributed by atoms with Crippen molar-refractivity contribution in [3.63, 3.8) is 0 Å². The highest BCUT2D eigenvalue weighted by molar-refractivity contribution is 7.80. The molecule has 3 nitrogen and oxygen atoms in total. The van der Waals surface area contributed by atoms with Gasteiger partial charge in [-0.25, -0.2) is 0 Å². The summed E-state index contributed by atoms with van der Waals surface area (Å²) in [6.45, 7) is -1.80. The third-order valence-corrected chi connectivity index (χ3v) is 1.95. The Bertz CT molecular complexity index is 378. The molecule has 0 aliphatic heterocycles. The Morgan fingerprint density at radius 1 is 1.24 bits per heavy atom. The van der Waals surface area contributed by atoms with Gasteiger partial charge >= 0.3 is 6.18 Å². The highest BCUT2D eigenvalue weighted by Gasteiger charge is 2.27. The molecule has 0 radical (unpaired) electrons. The van der Waals surface area contributed by atoms with Crippen molar-refractivity contribution in [2.24, 2.45) is 5.73 Å². The van der Waals surface area contributed by atoms with Crippen LogP contribution in [0.25, 0.3) is 0 Å². The van der Waals surface area contributed by atoms with Crippen LogP contribution >= 0.6 is 12.2 Å². The lowest BCUT2D eigenvalue weighted by atomic mass is 10.2. The molecule has 7 heteroatoms. The van der Waals surface area contributed by atoms with E-state index in [9.17, 15) is 13.2 Å². The fraction of sp³-hybridized carbons (Fsp3) is 0.300. The highest BCUT2D eigenvalue weighted by atomic mass is 32.1. The number of hydrogen-bond acceptors (Lipinski definition) is 3. The van der Waals surface area contributed by atoms with Crippen LogP contribution in [0.4, 0.5) is 13.2 Å². The summed E-state index contributed by atoms with van der Waals surface area (Å²) in [7, 11) is 0. The van der Waals surface area contributed by atoms with E-state index in [2.05, 4.69) is 4.74 Å². The number of halogens is 3. The Hall–Kier alpha value is -1.34. The summed E-state index contributed by atoms with van der Waals surface area (Å²) in [5, 5.41) is 0. The zero-order valence-corrected chi connectivity index (χ0v) is 9.48. The molecule has 0 atom stereocenters. The molecule has 1 rings (SSSR count). The van der Waals surface area contributed by atoms with Gasteiger partial charge in [0.05, 0.1) is 0 Å². The first kappa shape index (κ1) is 13.7. The van der Waals surface area contributed by atoms with E-state index in [1.165, 1.54) is 0 Å². The van der Waals surface area contributed by atoms with Gasteiger partial charge in [-0.2, -0.15) is 13.2 Å². The second kappa shape index (κ2) is 5.83. The topological polar surface area (TPSA) is 44.5 Å². The fourth-order valence-electron chi connectivity index (χ4n) is 0.983.